The van der Waals surface area contributed by atoms with Gasteiger partial charge in [-0.25, -0.2) is 0 Å². The van der Waals surface area contributed by atoms with Gasteiger partial charge in [-0.15, -0.1) is 0 Å². The Balaban J connectivity index is 1.46. The van der Waals surface area contributed by atoms with Gasteiger partial charge in [-0.3, -0.25) is 9.80 Å². The number of ether oxygens (including phenoxy) is 5. The van der Waals surface area contributed by atoms with Gasteiger partial charge in [0, 0.05) is 42.5 Å². The van der Waals surface area contributed by atoms with E-state index >= 15 is 0 Å². The van der Waals surface area contributed by atoms with Crippen LogP contribution in [0.4, 0.5) is 5.69 Å². The van der Waals surface area contributed by atoms with Gasteiger partial charge in [0.2, 0.25) is 5.75 Å². The van der Waals surface area contributed by atoms with Crippen LogP contribution in [0.1, 0.15) is 45.5 Å². The summed E-state index contributed by atoms with van der Waals surface area (Å²) in [7, 11) is 9.40. The van der Waals surface area contributed by atoms with Crippen molar-refractivity contribution in [2.75, 3.05) is 54.2 Å². The lowest BCUT2D eigenvalue weighted by Crippen LogP contribution is -2.34. The highest BCUT2D eigenvalue weighted by Gasteiger charge is 2.34. The van der Waals surface area contributed by atoms with Crippen molar-refractivity contribution in [3.05, 3.63) is 94.0 Å². The second-order valence-corrected chi connectivity index (χ2v) is 12.4. The summed E-state index contributed by atoms with van der Waals surface area (Å²) in [5.41, 5.74) is 14.2. The number of likely N-dealkylation sites (N-methyl/N-ethyl adjacent to an activating group) is 2. The highest BCUT2D eigenvalue weighted by atomic mass is 16.5. The normalized spacial score (nSPS) is 19.4. The van der Waals surface area contributed by atoms with E-state index in [2.05, 4.69) is 60.3 Å². The third kappa shape index (κ3) is 5.42. The van der Waals surface area contributed by atoms with E-state index in [4.69, 9.17) is 29.4 Å². The summed E-state index contributed by atoms with van der Waals surface area (Å²) in [4.78, 5) is 4.80. The molecule has 234 valence electrons. The Morgan fingerprint density at radius 1 is 0.689 bits per heavy atom. The Labute approximate surface area is 265 Å². The van der Waals surface area contributed by atoms with Crippen LogP contribution >= 0.6 is 0 Å². The number of hydrogen-bond donors (Lipinski definition) is 1. The standard InChI is InChI=1S/C37H41N3O5/c1-39-12-10-24-18-32(41-3)33-21-29(24)30(39)17-23-14-26(38)20-28(15-23)44-27-8-6-22(7-9-27)16-31-35-25(11-13-40(31)2)19-34(42-4)36(43-5)37(35)45-33/h6-9,14-15,18-21,30-31H,10-13,16-17,38H2,1-5H3/t30-,31+/m1/s1. The predicted molar refractivity (Wildman–Crippen MR) is 176 cm³/mol. The van der Waals surface area contributed by atoms with Crippen LogP contribution in [0.5, 0.6) is 40.2 Å². The number of nitrogen functional groups attached to an aromatic ring is 1. The number of rotatable bonds is 3. The van der Waals surface area contributed by atoms with Crippen LogP contribution in [0.3, 0.4) is 0 Å². The summed E-state index contributed by atoms with van der Waals surface area (Å²) in [6.45, 7) is 1.85. The molecule has 45 heavy (non-hydrogen) atoms. The zero-order valence-electron chi connectivity index (χ0n) is 26.7. The molecule has 4 aromatic rings. The van der Waals surface area contributed by atoms with Crippen molar-refractivity contribution in [2.24, 2.45) is 0 Å². The average molecular weight is 608 g/mol. The van der Waals surface area contributed by atoms with Crippen molar-refractivity contribution in [3.63, 3.8) is 0 Å². The number of benzene rings is 4. The molecular weight excluding hydrogens is 566 g/mol. The lowest BCUT2D eigenvalue weighted by atomic mass is 9.87. The van der Waals surface area contributed by atoms with Crippen LogP contribution in [0.25, 0.3) is 0 Å². The molecule has 2 atom stereocenters. The topological polar surface area (TPSA) is 78.6 Å². The number of anilines is 1. The smallest absolute Gasteiger partial charge is 0.204 e. The molecular formula is C37H41N3O5. The van der Waals surface area contributed by atoms with E-state index in [0.717, 1.165) is 61.4 Å². The van der Waals surface area contributed by atoms with E-state index in [-0.39, 0.29) is 12.1 Å². The van der Waals surface area contributed by atoms with Crippen molar-refractivity contribution < 1.29 is 23.7 Å². The summed E-state index contributed by atoms with van der Waals surface area (Å²) in [5, 5.41) is 0. The van der Waals surface area contributed by atoms with Gasteiger partial charge in [0.05, 0.1) is 21.3 Å². The fourth-order valence-electron chi connectivity index (χ4n) is 7.22. The molecule has 0 saturated carbocycles. The van der Waals surface area contributed by atoms with Gasteiger partial charge in [0.25, 0.3) is 0 Å². The fourth-order valence-corrected chi connectivity index (χ4v) is 7.22. The number of hydrogen-bond acceptors (Lipinski definition) is 8. The van der Waals surface area contributed by atoms with Gasteiger partial charge < -0.3 is 29.4 Å². The molecule has 2 N–H and O–H groups in total. The van der Waals surface area contributed by atoms with E-state index in [1.807, 2.05) is 24.3 Å². The summed E-state index contributed by atoms with van der Waals surface area (Å²) in [6, 6.07) is 20.9. The second kappa shape index (κ2) is 11.8. The molecule has 4 aliphatic rings. The van der Waals surface area contributed by atoms with Crippen LogP contribution in [0, 0.1) is 0 Å². The van der Waals surface area contributed by atoms with E-state index < -0.39 is 0 Å². The van der Waals surface area contributed by atoms with Gasteiger partial charge >= 0.3 is 0 Å². The zero-order valence-corrected chi connectivity index (χ0v) is 26.7. The summed E-state index contributed by atoms with van der Waals surface area (Å²) >= 11 is 0. The molecule has 0 fully saturated rings. The average Bonchev–Trinajstić information content (AvgIpc) is 3.03. The SMILES string of the molecule is COc1cc2c3cc1Oc1c(OC)c(OC)cc4c1[C@H](Cc1ccc(cc1)Oc1cc(N)cc(c1)C[C@H]3N(C)CC2)N(C)CC4. The van der Waals surface area contributed by atoms with E-state index in [1.165, 1.54) is 22.3 Å². The minimum Gasteiger partial charge on any atom is -0.493 e. The molecule has 4 aromatic carbocycles. The van der Waals surface area contributed by atoms with Crippen LogP contribution in [0.2, 0.25) is 0 Å². The first-order chi connectivity index (χ1) is 21.8. The first-order valence-electron chi connectivity index (χ1n) is 15.6. The van der Waals surface area contributed by atoms with Crippen molar-refractivity contribution in [1.29, 1.82) is 0 Å². The van der Waals surface area contributed by atoms with Gasteiger partial charge in [-0.05, 0) is 110 Å². The summed E-state index contributed by atoms with van der Waals surface area (Å²) < 4.78 is 31.2. The predicted octanol–water partition coefficient (Wildman–Crippen LogP) is 6.74. The highest BCUT2D eigenvalue weighted by molar-refractivity contribution is 5.63. The first-order valence-corrected chi connectivity index (χ1v) is 15.6. The molecule has 0 saturated heterocycles. The van der Waals surface area contributed by atoms with Gasteiger partial charge in [0.15, 0.2) is 23.0 Å². The van der Waals surface area contributed by atoms with Gasteiger partial charge in [-0.2, -0.15) is 0 Å². The fraction of sp³-hybridized carbons (Fsp3) is 0.351. The largest absolute Gasteiger partial charge is 0.493 e. The van der Waals surface area contributed by atoms with E-state index in [0.29, 0.717) is 34.4 Å². The molecule has 8 nitrogen and oxygen atoms in total. The zero-order chi connectivity index (χ0) is 31.2. The van der Waals surface area contributed by atoms with Crippen molar-refractivity contribution in [1.82, 2.24) is 9.80 Å². The highest BCUT2D eigenvalue weighted by Crippen LogP contribution is 2.51. The van der Waals surface area contributed by atoms with Gasteiger partial charge in [-0.1, -0.05) is 12.1 Å². The molecule has 8 heteroatoms. The van der Waals surface area contributed by atoms with Crippen LogP contribution in [-0.2, 0) is 25.7 Å². The molecule has 0 aliphatic carbocycles. The second-order valence-electron chi connectivity index (χ2n) is 12.4. The van der Waals surface area contributed by atoms with Crippen LogP contribution in [-0.4, -0.2) is 58.3 Å². The lowest BCUT2D eigenvalue weighted by molar-refractivity contribution is 0.220. The summed E-state index contributed by atoms with van der Waals surface area (Å²) in [5.74, 6) is 4.77. The van der Waals surface area contributed by atoms with Crippen LogP contribution < -0.4 is 29.4 Å². The molecule has 0 amide bonds. The number of nitrogens with two attached hydrogens (primary N) is 1. The Morgan fingerprint density at radius 2 is 1.38 bits per heavy atom. The van der Waals surface area contributed by atoms with Gasteiger partial charge in [0.1, 0.15) is 11.5 Å². The minimum atomic E-state index is 0.0493. The van der Waals surface area contributed by atoms with Crippen molar-refractivity contribution in [2.45, 2.75) is 37.8 Å². The molecule has 0 spiro atoms. The van der Waals surface area contributed by atoms with E-state index in [1.54, 1.807) is 21.3 Å². The summed E-state index contributed by atoms with van der Waals surface area (Å²) in [6.07, 6.45) is 3.35. The number of nitrogens with zero attached hydrogens (tertiary/aromatic N) is 2. The molecule has 0 unspecified atom stereocenters. The maximum absolute atomic E-state index is 7.01. The molecule has 8 rings (SSSR count). The Kier molecular flexibility index (Phi) is 7.71. The molecule has 0 aromatic heterocycles. The first kappa shape index (κ1) is 29.3. The third-order valence-corrected chi connectivity index (χ3v) is 9.62. The minimum absolute atomic E-state index is 0.0493. The maximum atomic E-state index is 7.01. The van der Waals surface area contributed by atoms with Crippen molar-refractivity contribution in [3.8, 4) is 40.2 Å². The lowest BCUT2D eigenvalue weighted by Gasteiger charge is -2.37. The molecule has 4 heterocycles. The Bertz CT molecular complexity index is 1740. The number of fused-ring (bicyclic) bond motifs is 2. The number of methoxy groups -OCH3 is 3. The van der Waals surface area contributed by atoms with Crippen molar-refractivity contribution >= 4 is 5.69 Å². The Hall–Kier alpha value is -4.40. The third-order valence-electron chi connectivity index (χ3n) is 9.62. The molecule has 0 radical (unpaired) electrons. The van der Waals surface area contributed by atoms with Crippen LogP contribution in [0.15, 0.2) is 60.7 Å². The molecule has 6 bridgehead atoms. The molecule has 4 aliphatic heterocycles. The quantitative estimate of drug-likeness (QED) is 0.257. The Morgan fingerprint density at radius 3 is 2.11 bits per heavy atom. The maximum Gasteiger partial charge on any atom is 0.204 e. The van der Waals surface area contributed by atoms with E-state index in [9.17, 15) is 0 Å². The monoisotopic (exact) mass is 607 g/mol.